The van der Waals surface area contributed by atoms with Crippen LogP contribution in [0.15, 0.2) is 0 Å². The molecule has 0 bridgehead atoms. The maximum Gasteiger partial charge on any atom is 0.132 e. The zero-order valence-corrected chi connectivity index (χ0v) is 12.6. The molecule has 3 unspecified atom stereocenters. The minimum atomic E-state index is 0.247. The Morgan fingerprint density at radius 3 is 2.32 bits per heavy atom. The molecule has 1 saturated heterocycles. The van der Waals surface area contributed by atoms with Gasteiger partial charge in [0.1, 0.15) is 5.78 Å². The first kappa shape index (κ1) is 14.9. The standard InChI is InChI=1S/C15H29N3O/c1-11(19)12-4-5-14(16)15(10-12)18-8-6-13(7-9-18)17(2)3/h12-15H,4-10,16H2,1-3H3. The molecule has 0 aromatic heterocycles. The molecule has 1 heterocycles. The second-order valence-electron chi connectivity index (χ2n) is 6.58. The summed E-state index contributed by atoms with van der Waals surface area (Å²) in [4.78, 5) is 16.5. The second kappa shape index (κ2) is 6.33. The van der Waals surface area contributed by atoms with Gasteiger partial charge >= 0.3 is 0 Å². The third-order valence-corrected chi connectivity index (χ3v) is 5.14. The van der Waals surface area contributed by atoms with Crippen molar-refractivity contribution in [1.82, 2.24) is 9.80 Å². The van der Waals surface area contributed by atoms with E-state index in [1.807, 2.05) is 0 Å². The highest BCUT2D eigenvalue weighted by Gasteiger charge is 2.35. The van der Waals surface area contributed by atoms with Crippen molar-refractivity contribution in [3.05, 3.63) is 0 Å². The number of likely N-dealkylation sites (tertiary alicyclic amines) is 1. The molecule has 2 aliphatic rings. The molecule has 3 atom stereocenters. The molecule has 1 aliphatic heterocycles. The Kier molecular flexibility index (Phi) is 4.98. The van der Waals surface area contributed by atoms with Crippen molar-refractivity contribution in [1.29, 1.82) is 0 Å². The van der Waals surface area contributed by atoms with E-state index in [0.29, 0.717) is 17.9 Å². The Morgan fingerprint density at radius 1 is 1.16 bits per heavy atom. The predicted octanol–water partition coefficient (Wildman–Crippen LogP) is 1.10. The van der Waals surface area contributed by atoms with Gasteiger partial charge in [-0.15, -0.1) is 0 Å². The van der Waals surface area contributed by atoms with Gasteiger partial charge < -0.3 is 10.6 Å². The van der Waals surface area contributed by atoms with Crippen molar-refractivity contribution in [2.75, 3.05) is 27.2 Å². The largest absolute Gasteiger partial charge is 0.326 e. The highest BCUT2D eigenvalue weighted by Crippen LogP contribution is 2.30. The van der Waals surface area contributed by atoms with Crippen LogP contribution in [-0.2, 0) is 4.79 Å². The van der Waals surface area contributed by atoms with E-state index in [4.69, 9.17) is 5.73 Å². The fourth-order valence-electron chi connectivity index (χ4n) is 3.69. The van der Waals surface area contributed by atoms with Gasteiger partial charge in [-0.2, -0.15) is 0 Å². The molecule has 110 valence electrons. The van der Waals surface area contributed by atoms with Crippen LogP contribution in [0.3, 0.4) is 0 Å². The van der Waals surface area contributed by atoms with E-state index in [9.17, 15) is 4.79 Å². The third-order valence-electron chi connectivity index (χ3n) is 5.14. The van der Waals surface area contributed by atoms with E-state index in [1.54, 1.807) is 6.92 Å². The van der Waals surface area contributed by atoms with Gasteiger partial charge in [0.05, 0.1) is 0 Å². The summed E-state index contributed by atoms with van der Waals surface area (Å²) in [7, 11) is 4.33. The predicted molar refractivity (Wildman–Crippen MR) is 78.1 cm³/mol. The molecule has 2 N–H and O–H groups in total. The fourth-order valence-corrected chi connectivity index (χ4v) is 3.69. The van der Waals surface area contributed by atoms with E-state index in [1.165, 1.54) is 12.8 Å². The topological polar surface area (TPSA) is 49.6 Å². The number of carbonyl (C=O) groups excluding carboxylic acids is 1. The molecule has 2 fully saturated rings. The van der Waals surface area contributed by atoms with Crippen LogP contribution in [0, 0.1) is 5.92 Å². The van der Waals surface area contributed by atoms with Gasteiger partial charge in [-0.05, 0) is 66.2 Å². The molecular formula is C15H29N3O. The molecule has 19 heavy (non-hydrogen) atoms. The van der Waals surface area contributed by atoms with Gasteiger partial charge in [-0.25, -0.2) is 0 Å². The fraction of sp³-hybridized carbons (Fsp3) is 0.933. The summed E-state index contributed by atoms with van der Waals surface area (Å²) in [6.45, 7) is 3.99. The summed E-state index contributed by atoms with van der Waals surface area (Å²) < 4.78 is 0. The van der Waals surface area contributed by atoms with Gasteiger partial charge in [-0.3, -0.25) is 9.69 Å². The molecule has 0 radical (unpaired) electrons. The molecule has 0 spiro atoms. The number of hydrogen-bond acceptors (Lipinski definition) is 4. The lowest BCUT2D eigenvalue weighted by molar-refractivity contribution is -0.122. The van der Waals surface area contributed by atoms with Crippen LogP contribution in [0.4, 0.5) is 0 Å². The first-order chi connectivity index (χ1) is 8.99. The zero-order valence-electron chi connectivity index (χ0n) is 12.6. The van der Waals surface area contributed by atoms with Crippen molar-refractivity contribution in [2.24, 2.45) is 11.7 Å². The molecule has 0 aromatic carbocycles. The number of nitrogens with two attached hydrogens (primary N) is 1. The van der Waals surface area contributed by atoms with E-state index < -0.39 is 0 Å². The van der Waals surface area contributed by atoms with E-state index in [2.05, 4.69) is 23.9 Å². The smallest absolute Gasteiger partial charge is 0.132 e. The lowest BCUT2D eigenvalue weighted by atomic mass is 9.79. The van der Waals surface area contributed by atoms with Crippen molar-refractivity contribution >= 4 is 5.78 Å². The second-order valence-corrected chi connectivity index (χ2v) is 6.58. The number of piperidine rings is 1. The minimum Gasteiger partial charge on any atom is -0.326 e. The molecular weight excluding hydrogens is 238 g/mol. The lowest BCUT2D eigenvalue weighted by Gasteiger charge is -2.44. The first-order valence-corrected chi connectivity index (χ1v) is 7.65. The molecule has 0 amide bonds. The maximum atomic E-state index is 11.6. The monoisotopic (exact) mass is 267 g/mol. The number of hydrogen-bond donors (Lipinski definition) is 1. The lowest BCUT2D eigenvalue weighted by Crippen LogP contribution is -2.55. The van der Waals surface area contributed by atoms with Crippen LogP contribution in [0.5, 0.6) is 0 Å². The summed E-state index contributed by atoms with van der Waals surface area (Å²) in [6.07, 6.45) is 5.41. The Labute approximate surface area is 117 Å². The average molecular weight is 267 g/mol. The van der Waals surface area contributed by atoms with Crippen LogP contribution in [0.2, 0.25) is 0 Å². The van der Waals surface area contributed by atoms with Crippen molar-refractivity contribution in [2.45, 2.75) is 57.2 Å². The Hall–Kier alpha value is -0.450. The quantitative estimate of drug-likeness (QED) is 0.832. The third kappa shape index (κ3) is 3.56. The van der Waals surface area contributed by atoms with Crippen LogP contribution >= 0.6 is 0 Å². The molecule has 1 aliphatic carbocycles. The highest BCUT2D eigenvalue weighted by molar-refractivity contribution is 5.78. The van der Waals surface area contributed by atoms with Crippen LogP contribution in [0.25, 0.3) is 0 Å². The SMILES string of the molecule is CC(=O)C1CCC(N)C(N2CCC(N(C)C)CC2)C1. The number of rotatable bonds is 3. The number of nitrogens with zero attached hydrogens (tertiary/aromatic N) is 2. The highest BCUT2D eigenvalue weighted by atomic mass is 16.1. The van der Waals surface area contributed by atoms with Crippen molar-refractivity contribution in [3.8, 4) is 0 Å². The Balaban J connectivity index is 1.91. The Bertz CT molecular complexity index is 311. The van der Waals surface area contributed by atoms with Crippen LogP contribution in [-0.4, -0.2) is 60.9 Å². The normalized spacial score (nSPS) is 34.7. The van der Waals surface area contributed by atoms with Gasteiger partial charge in [0, 0.05) is 24.0 Å². The van der Waals surface area contributed by atoms with Crippen LogP contribution < -0.4 is 5.73 Å². The van der Waals surface area contributed by atoms with E-state index in [-0.39, 0.29) is 12.0 Å². The molecule has 1 saturated carbocycles. The molecule has 4 heteroatoms. The average Bonchev–Trinajstić information content (AvgIpc) is 2.39. The molecule has 2 rings (SSSR count). The van der Waals surface area contributed by atoms with E-state index in [0.717, 1.165) is 32.4 Å². The van der Waals surface area contributed by atoms with Gasteiger partial charge in [0.25, 0.3) is 0 Å². The maximum absolute atomic E-state index is 11.6. The first-order valence-electron chi connectivity index (χ1n) is 7.65. The van der Waals surface area contributed by atoms with Gasteiger partial charge in [-0.1, -0.05) is 0 Å². The molecule has 0 aromatic rings. The van der Waals surface area contributed by atoms with Crippen molar-refractivity contribution < 1.29 is 4.79 Å². The van der Waals surface area contributed by atoms with Crippen molar-refractivity contribution in [3.63, 3.8) is 0 Å². The number of ketones is 1. The number of Topliss-reactive ketones (excluding diaryl/α,β-unsaturated/α-hetero) is 1. The Morgan fingerprint density at radius 2 is 1.79 bits per heavy atom. The van der Waals surface area contributed by atoms with E-state index >= 15 is 0 Å². The zero-order chi connectivity index (χ0) is 14.0. The summed E-state index contributed by atoms with van der Waals surface area (Å²) in [5, 5.41) is 0. The molecule has 4 nitrogen and oxygen atoms in total. The summed E-state index contributed by atoms with van der Waals surface area (Å²) >= 11 is 0. The summed E-state index contributed by atoms with van der Waals surface area (Å²) in [5.74, 6) is 0.594. The minimum absolute atomic E-state index is 0.247. The number of carbonyl (C=O) groups is 1. The van der Waals surface area contributed by atoms with Gasteiger partial charge in [0.15, 0.2) is 0 Å². The van der Waals surface area contributed by atoms with Gasteiger partial charge in [0.2, 0.25) is 0 Å². The summed E-state index contributed by atoms with van der Waals surface area (Å²) in [5.41, 5.74) is 6.30. The van der Waals surface area contributed by atoms with Crippen LogP contribution in [0.1, 0.15) is 39.0 Å². The summed E-state index contributed by atoms with van der Waals surface area (Å²) in [6, 6.07) is 1.39.